The second-order valence-electron chi connectivity index (χ2n) is 2.22. The Morgan fingerprint density at radius 3 is 2.50 bits per heavy atom. The van der Waals surface area contributed by atoms with Crippen molar-refractivity contribution < 1.29 is 14.3 Å². The lowest BCUT2D eigenvalue weighted by atomic mass is 10.3. The molecule has 76 valence electrons. The molecule has 0 aliphatic carbocycles. The SMILES string of the molecule is C=CC(=O)OC(=O)C(C)NC(=N)N.[MgH2]. The summed E-state index contributed by atoms with van der Waals surface area (Å²) in [4.78, 5) is 21.5. The maximum atomic E-state index is 10.9. The van der Waals surface area contributed by atoms with Gasteiger partial charge in [0.2, 0.25) is 0 Å². The normalized spacial score (nSPS) is 10.4. The minimum absolute atomic E-state index is 0. The summed E-state index contributed by atoms with van der Waals surface area (Å²) in [5.74, 6) is -2.00. The van der Waals surface area contributed by atoms with E-state index in [0.29, 0.717) is 0 Å². The van der Waals surface area contributed by atoms with Crippen molar-refractivity contribution in [2.24, 2.45) is 5.73 Å². The highest BCUT2D eigenvalue weighted by atomic mass is 24.3. The molecule has 6 nitrogen and oxygen atoms in total. The number of esters is 2. The van der Waals surface area contributed by atoms with Gasteiger partial charge in [0.1, 0.15) is 6.04 Å². The molecule has 0 aromatic heterocycles. The van der Waals surface area contributed by atoms with Crippen LogP contribution in [0.4, 0.5) is 0 Å². The van der Waals surface area contributed by atoms with E-state index in [4.69, 9.17) is 11.1 Å². The summed E-state index contributed by atoms with van der Waals surface area (Å²) in [6.45, 7) is 4.54. The van der Waals surface area contributed by atoms with Crippen LogP contribution in [0.15, 0.2) is 12.7 Å². The molecule has 0 heterocycles. The first-order chi connectivity index (χ1) is 5.97. The highest BCUT2D eigenvalue weighted by Gasteiger charge is 2.16. The quantitative estimate of drug-likeness (QED) is 0.128. The maximum absolute atomic E-state index is 10.9. The number of hydrogen-bond donors (Lipinski definition) is 3. The zero-order valence-corrected chi connectivity index (χ0v) is 7.16. The predicted octanol–water partition coefficient (Wildman–Crippen LogP) is -1.80. The third-order valence-corrected chi connectivity index (χ3v) is 1.09. The Kier molecular flexibility index (Phi) is 8.06. The molecule has 14 heavy (non-hydrogen) atoms. The van der Waals surface area contributed by atoms with E-state index in [1.54, 1.807) is 0 Å². The van der Waals surface area contributed by atoms with Crippen molar-refractivity contribution in [3.63, 3.8) is 0 Å². The standard InChI is InChI=1S/C7H11N3O3.Mg.2H/c1-3-5(11)13-6(12)4(2)10-7(8)9;;;/h3-4H,1H2,2H3,(H4,8,9,10);;;. The second kappa shape index (κ2) is 7.33. The van der Waals surface area contributed by atoms with Gasteiger partial charge in [0, 0.05) is 6.08 Å². The predicted molar refractivity (Wildman–Crippen MR) is 54.4 cm³/mol. The molecule has 0 bridgehead atoms. The second-order valence-corrected chi connectivity index (χ2v) is 2.22. The molecule has 1 unspecified atom stereocenters. The van der Waals surface area contributed by atoms with Crippen LogP contribution < -0.4 is 11.1 Å². The smallest absolute Gasteiger partial charge is 0.337 e. The van der Waals surface area contributed by atoms with E-state index >= 15 is 0 Å². The lowest BCUT2D eigenvalue weighted by molar-refractivity contribution is -0.157. The molecule has 0 saturated heterocycles. The monoisotopic (exact) mass is 211 g/mol. The van der Waals surface area contributed by atoms with E-state index in [9.17, 15) is 9.59 Å². The number of guanidine groups is 1. The summed E-state index contributed by atoms with van der Waals surface area (Å²) in [5.41, 5.74) is 4.95. The highest BCUT2D eigenvalue weighted by molar-refractivity contribution is 5.94. The molecule has 0 fully saturated rings. The van der Waals surface area contributed by atoms with Crippen LogP contribution in [0.3, 0.4) is 0 Å². The van der Waals surface area contributed by atoms with Gasteiger partial charge in [-0.2, -0.15) is 0 Å². The Morgan fingerprint density at radius 1 is 1.64 bits per heavy atom. The van der Waals surface area contributed by atoms with E-state index in [2.05, 4.69) is 16.6 Å². The number of rotatable bonds is 3. The largest absolute Gasteiger partial charge is 0.388 e. The third kappa shape index (κ3) is 6.43. The molecule has 0 aromatic carbocycles. The third-order valence-electron chi connectivity index (χ3n) is 1.09. The number of hydrogen-bond acceptors (Lipinski definition) is 4. The average Bonchev–Trinajstić information content (AvgIpc) is 2.02. The van der Waals surface area contributed by atoms with E-state index in [1.165, 1.54) is 6.92 Å². The van der Waals surface area contributed by atoms with Gasteiger partial charge >= 0.3 is 35.0 Å². The Bertz CT molecular complexity index is 255. The molecule has 0 saturated carbocycles. The first kappa shape index (κ1) is 15.4. The fourth-order valence-electron chi connectivity index (χ4n) is 0.521. The van der Waals surface area contributed by atoms with Crippen LogP contribution in [0.1, 0.15) is 6.92 Å². The van der Waals surface area contributed by atoms with Crippen LogP contribution in [0.5, 0.6) is 0 Å². The van der Waals surface area contributed by atoms with Crippen molar-refractivity contribution in [2.45, 2.75) is 13.0 Å². The van der Waals surface area contributed by atoms with Gasteiger partial charge in [0.15, 0.2) is 5.96 Å². The molecule has 0 rings (SSSR count). The number of carbonyl (C=O) groups excluding carboxylic acids is 2. The molecular weight excluding hydrogens is 198 g/mol. The lowest BCUT2D eigenvalue weighted by Gasteiger charge is -2.10. The van der Waals surface area contributed by atoms with E-state index < -0.39 is 18.0 Å². The highest BCUT2D eigenvalue weighted by Crippen LogP contribution is 1.88. The minimum atomic E-state index is -0.832. The van der Waals surface area contributed by atoms with Crippen molar-refractivity contribution in [3.8, 4) is 0 Å². The maximum Gasteiger partial charge on any atom is 0.337 e. The zero-order chi connectivity index (χ0) is 10.4. The summed E-state index contributed by atoms with van der Waals surface area (Å²) in [7, 11) is 0. The first-order valence-corrected chi connectivity index (χ1v) is 3.46. The van der Waals surface area contributed by atoms with Crippen molar-refractivity contribution in [3.05, 3.63) is 12.7 Å². The Hall–Kier alpha value is -1.08. The van der Waals surface area contributed by atoms with Crippen LogP contribution in [-0.2, 0) is 14.3 Å². The molecular formula is C7H13MgN3O3. The average molecular weight is 212 g/mol. The topological polar surface area (TPSA) is 105 Å². The Morgan fingerprint density at radius 2 is 2.14 bits per heavy atom. The van der Waals surface area contributed by atoms with Gasteiger partial charge in [-0.05, 0) is 6.92 Å². The van der Waals surface area contributed by atoms with E-state index in [0.717, 1.165) is 6.08 Å². The minimum Gasteiger partial charge on any atom is -0.388 e. The summed E-state index contributed by atoms with van der Waals surface area (Å²) in [6.07, 6.45) is 0.873. The van der Waals surface area contributed by atoms with Gasteiger partial charge in [-0.25, -0.2) is 9.59 Å². The number of carbonyl (C=O) groups is 2. The van der Waals surface area contributed by atoms with Crippen molar-refractivity contribution in [1.29, 1.82) is 5.41 Å². The molecule has 0 spiro atoms. The van der Waals surface area contributed by atoms with E-state index in [-0.39, 0.29) is 29.0 Å². The molecule has 7 heteroatoms. The lowest BCUT2D eigenvalue weighted by Crippen LogP contribution is -2.43. The fraction of sp³-hybridized carbons (Fsp3) is 0.286. The molecule has 0 radical (unpaired) electrons. The van der Waals surface area contributed by atoms with Gasteiger partial charge < -0.3 is 15.8 Å². The van der Waals surface area contributed by atoms with Gasteiger partial charge in [-0.1, -0.05) is 6.58 Å². The molecule has 1 atom stereocenters. The number of nitrogens with two attached hydrogens (primary N) is 1. The summed E-state index contributed by atoms with van der Waals surface area (Å²) in [5, 5.41) is 9.07. The van der Waals surface area contributed by atoms with Gasteiger partial charge in [-0.3, -0.25) is 5.41 Å². The van der Waals surface area contributed by atoms with Crippen molar-refractivity contribution >= 4 is 41.0 Å². The number of nitrogens with one attached hydrogen (secondary N) is 2. The van der Waals surface area contributed by atoms with Gasteiger partial charge in [0.25, 0.3) is 0 Å². The number of ether oxygens (including phenoxy) is 1. The van der Waals surface area contributed by atoms with Crippen LogP contribution in [0.2, 0.25) is 0 Å². The molecule has 4 N–H and O–H groups in total. The summed E-state index contributed by atoms with van der Waals surface area (Å²) in [6, 6.07) is -0.832. The van der Waals surface area contributed by atoms with Gasteiger partial charge in [-0.15, -0.1) is 0 Å². The molecule has 0 amide bonds. The van der Waals surface area contributed by atoms with Gasteiger partial charge in [0.05, 0.1) is 0 Å². The van der Waals surface area contributed by atoms with Crippen LogP contribution >= 0.6 is 0 Å². The summed E-state index contributed by atoms with van der Waals surface area (Å²) >= 11 is 0. The molecule has 0 aromatic rings. The molecule has 0 aliphatic rings. The Balaban J connectivity index is 0. The van der Waals surface area contributed by atoms with Crippen LogP contribution in [0, 0.1) is 5.41 Å². The Labute approximate surface area is 97.5 Å². The fourth-order valence-corrected chi connectivity index (χ4v) is 0.521. The summed E-state index contributed by atoms with van der Waals surface area (Å²) < 4.78 is 4.25. The van der Waals surface area contributed by atoms with Crippen molar-refractivity contribution in [2.75, 3.05) is 0 Å². The molecule has 0 aliphatic heterocycles. The van der Waals surface area contributed by atoms with Crippen LogP contribution in [0.25, 0.3) is 0 Å². The van der Waals surface area contributed by atoms with Crippen LogP contribution in [-0.4, -0.2) is 47.0 Å². The van der Waals surface area contributed by atoms with Crippen molar-refractivity contribution in [1.82, 2.24) is 5.32 Å². The van der Waals surface area contributed by atoms with E-state index in [1.807, 2.05) is 0 Å². The zero-order valence-electron chi connectivity index (χ0n) is 7.16. The first-order valence-electron chi connectivity index (χ1n) is 3.46.